The van der Waals surface area contributed by atoms with E-state index in [-0.39, 0.29) is 0 Å². The number of fused-ring (bicyclic) bond motifs is 5. The number of nitrogens with zero attached hydrogens (tertiary/aromatic N) is 1. The quantitative estimate of drug-likeness (QED) is 0.691. The van der Waals surface area contributed by atoms with Gasteiger partial charge < -0.3 is 4.74 Å². The average Bonchev–Trinajstić information content (AvgIpc) is 2.96. The normalized spacial score (nSPS) is 42.4. The van der Waals surface area contributed by atoms with Crippen LogP contribution in [0.15, 0.2) is 5.10 Å². The highest BCUT2D eigenvalue weighted by Gasteiger charge is 2.52. The van der Waals surface area contributed by atoms with Gasteiger partial charge in [-0.1, -0.05) is 6.42 Å². The van der Waals surface area contributed by atoms with Crippen LogP contribution >= 0.6 is 0 Å². The van der Waals surface area contributed by atoms with Gasteiger partial charge in [-0.3, -0.25) is 0 Å². The van der Waals surface area contributed by atoms with Crippen molar-refractivity contribution in [3.05, 3.63) is 0 Å². The highest BCUT2D eigenvalue weighted by atomic mass is 16.5. The number of rotatable bonds is 1. The molecule has 0 aromatic rings. The van der Waals surface area contributed by atoms with Crippen molar-refractivity contribution in [1.82, 2.24) is 5.43 Å². The number of hydrogen-bond acceptors (Lipinski definition) is 3. The van der Waals surface area contributed by atoms with Gasteiger partial charge in [0.25, 0.3) is 0 Å². The van der Waals surface area contributed by atoms with Gasteiger partial charge in [0, 0.05) is 11.6 Å². The molecule has 3 saturated carbocycles. The first-order valence-corrected chi connectivity index (χ1v) is 6.20. The number of ether oxygens (including phenoxy) is 1. The zero-order chi connectivity index (χ0) is 11.1. The van der Waals surface area contributed by atoms with E-state index in [1.165, 1.54) is 38.5 Å². The van der Waals surface area contributed by atoms with E-state index in [1.54, 1.807) is 0 Å². The molecule has 2 bridgehead atoms. The third-order valence-corrected chi connectivity index (χ3v) is 4.68. The topological polar surface area (TPSA) is 50.7 Å². The van der Waals surface area contributed by atoms with Crippen molar-refractivity contribution >= 4 is 11.8 Å². The maximum atomic E-state index is 11.0. The van der Waals surface area contributed by atoms with E-state index in [9.17, 15) is 4.79 Å². The molecule has 0 aromatic carbocycles. The first kappa shape index (κ1) is 10.1. The van der Waals surface area contributed by atoms with E-state index in [4.69, 9.17) is 0 Å². The van der Waals surface area contributed by atoms with Gasteiger partial charge >= 0.3 is 6.09 Å². The molecular weight excluding hydrogens is 204 g/mol. The fourth-order valence-corrected chi connectivity index (χ4v) is 4.11. The molecule has 1 N–H and O–H groups in total. The summed E-state index contributed by atoms with van der Waals surface area (Å²) in [6.45, 7) is 0. The highest BCUT2D eigenvalue weighted by Crippen LogP contribution is 2.57. The predicted molar refractivity (Wildman–Crippen MR) is 60.0 cm³/mol. The standard InChI is InChI=1S/C12H18N2O2/c1-16-12(15)14-13-11-6-7-5-10(11)9-4-2-3-8(7)9/h7-10H,2-6H2,1H3,(H,14,15)/t7-,8-,9+,10+/m1/s1. The van der Waals surface area contributed by atoms with Crippen molar-refractivity contribution in [1.29, 1.82) is 0 Å². The van der Waals surface area contributed by atoms with Gasteiger partial charge in [0.15, 0.2) is 0 Å². The molecule has 1 amide bonds. The second-order valence-electron chi connectivity index (χ2n) is 5.27. The number of carbonyl (C=O) groups excluding carboxylic acids is 1. The summed E-state index contributed by atoms with van der Waals surface area (Å²) in [5, 5.41) is 4.23. The van der Waals surface area contributed by atoms with Gasteiger partial charge in [-0.05, 0) is 43.4 Å². The lowest BCUT2D eigenvalue weighted by atomic mass is 9.81. The molecule has 0 saturated heterocycles. The lowest BCUT2D eigenvalue weighted by Crippen LogP contribution is -2.27. The number of amides is 1. The minimum absolute atomic E-state index is 0.460. The number of hydrogen-bond donors (Lipinski definition) is 1. The Labute approximate surface area is 95.4 Å². The van der Waals surface area contributed by atoms with Crippen molar-refractivity contribution in [2.24, 2.45) is 28.8 Å². The Morgan fingerprint density at radius 3 is 3.06 bits per heavy atom. The van der Waals surface area contributed by atoms with Crippen LogP contribution in [-0.2, 0) is 4.74 Å². The monoisotopic (exact) mass is 222 g/mol. The van der Waals surface area contributed by atoms with Gasteiger partial charge in [-0.15, -0.1) is 0 Å². The number of carbonyl (C=O) groups is 1. The van der Waals surface area contributed by atoms with E-state index >= 15 is 0 Å². The van der Waals surface area contributed by atoms with E-state index in [2.05, 4.69) is 15.3 Å². The van der Waals surface area contributed by atoms with Crippen molar-refractivity contribution in [3.8, 4) is 0 Å². The zero-order valence-electron chi connectivity index (χ0n) is 9.61. The fraction of sp³-hybridized carbons (Fsp3) is 0.833. The Hall–Kier alpha value is -1.06. The van der Waals surface area contributed by atoms with Crippen LogP contribution in [0.5, 0.6) is 0 Å². The molecule has 88 valence electrons. The molecule has 0 aromatic heterocycles. The summed E-state index contributed by atoms with van der Waals surface area (Å²) < 4.78 is 4.52. The summed E-state index contributed by atoms with van der Waals surface area (Å²) in [5.41, 5.74) is 3.67. The highest BCUT2D eigenvalue weighted by molar-refractivity contribution is 5.91. The lowest BCUT2D eigenvalue weighted by molar-refractivity contribution is 0.171. The Balaban J connectivity index is 1.69. The maximum Gasteiger partial charge on any atom is 0.427 e. The summed E-state index contributed by atoms with van der Waals surface area (Å²) in [4.78, 5) is 11.0. The van der Waals surface area contributed by atoms with Crippen LogP contribution < -0.4 is 5.43 Å². The SMILES string of the molecule is COC(=O)NN=C1C[C@H]2C[C@H]1[C@H]1CCC[C@H]21. The number of methoxy groups -OCH3 is 1. The van der Waals surface area contributed by atoms with Crippen LogP contribution in [0.3, 0.4) is 0 Å². The van der Waals surface area contributed by atoms with Crippen molar-refractivity contribution in [2.75, 3.05) is 7.11 Å². The Kier molecular flexibility index (Phi) is 2.37. The van der Waals surface area contributed by atoms with Crippen molar-refractivity contribution in [2.45, 2.75) is 32.1 Å². The molecule has 16 heavy (non-hydrogen) atoms. The molecule has 3 aliphatic rings. The van der Waals surface area contributed by atoms with Crippen LogP contribution in [0.4, 0.5) is 4.79 Å². The summed E-state index contributed by atoms with van der Waals surface area (Å²) in [6.07, 6.45) is 6.11. The van der Waals surface area contributed by atoms with Crippen molar-refractivity contribution in [3.63, 3.8) is 0 Å². The molecule has 3 fully saturated rings. The first-order chi connectivity index (χ1) is 7.79. The summed E-state index contributed by atoms with van der Waals surface area (Å²) in [7, 11) is 1.36. The van der Waals surface area contributed by atoms with Crippen molar-refractivity contribution < 1.29 is 9.53 Å². The van der Waals surface area contributed by atoms with Crippen LogP contribution in [0.25, 0.3) is 0 Å². The number of nitrogens with one attached hydrogen (secondary N) is 1. The Morgan fingerprint density at radius 1 is 1.44 bits per heavy atom. The summed E-state index contributed by atoms with van der Waals surface area (Å²) in [6, 6.07) is 0. The average molecular weight is 222 g/mol. The summed E-state index contributed by atoms with van der Waals surface area (Å²) >= 11 is 0. The van der Waals surface area contributed by atoms with Gasteiger partial charge in [-0.25, -0.2) is 10.2 Å². The minimum atomic E-state index is -0.460. The van der Waals surface area contributed by atoms with Crippen LogP contribution in [0.1, 0.15) is 32.1 Å². The van der Waals surface area contributed by atoms with E-state index in [1.807, 2.05) is 0 Å². The largest absolute Gasteiger partial charge is 0.452 e. The molecule has 0 radical (unpaired) electrons. The zero-order valence-corrected chi connectivity index (χ0v) is 9.61. The molecular formula is C12H18N2O2. The van der Waals surface area contributed by atoms with Crippen LogP contribution in [0, 0.1) is 23.7 Å². The Morgan fingerprint density at radius 2 is 2.25 bits per heavy atom. The minimum Gasteiger partial charge on any atom is -0.452 e. The van der Waals surface area contributed by atoms with E-state index in [0.29, 0.717) is 5.92 Å². The first-order valence-electron chi connectivity index (χ1n) is 6.20. The maximum absolute atomic E-state index is 11.0. The van der Waals surface area contributed by atoms with Gasteiger partial charge in [0.05, 0.1) is 7.11 Å². The van der Waals surface area contributed by atoms with Crippen LogP contribution in [0.2, 0.25) is 0 Å². The Bertz CT molecular complexity index is 340. The fourth-order valence-electron chi connectivity index (χ4n) is 4.11. The van der Waals surface area contributed by atoms with Gasteiger partial charge in [0.1, 0.15) is 0 Å². The second-order valence-corrected chi connectivity index (χ2v) is 5.27. The molecule has 0 spiro atoms. The third-order valence-electron chi connectivity index (χ3n) is 4.68. The molecule has 4 nitrogen and oxygen atoms in total. The molecule has 4 atom stereocenters. The lowest BCUT2D eigenvalue weighted by Gasteiger charge is -2.25. The number of hydrazone groups is 1. The molecule has 0 aliphatic heterocycles. The third kappa shape index (κ3) is 1.43. The van der Waals surface area contributed by atoms with Crippen LogP contribution in [-0.4, -0.2) is 18.9 Å². The summed E-state index contributed by atoms with van der Waals surface area (Å²) in [5.74, 6) is 3.31. The van der Waals surface area contributed by atoms with E-state index < -0.39 is 6.09 Å². The molecule has 0 unspecified atom stereocenters. The molecule has 4 heteroatoms. The predicted octanol–water partition coefficient (Wildman–Crippen LogP) is 2.15. The van der Waals surface area contributed by atoms with E-state index in [0.717, 1.165) is 24.2 Å². The van der Waals surface area contributed by atoms with Gasteiger partial charge in [0.2, 0.25) is 0 Å². The second kappa shape index (κ2) is 3.75. The molecule has 3 aliphatic carbocycles. The van der Waals surface area contributed by atoms with Gasteiger partial charge in [-0.2, -0.15) is 5.10 Å². The molecule has 3 rings (SSSR count). The molecule has 0 heterocycles. The smallest absolute Gasteiger partial charge is 0.427 e.